The van der Waals surface area contributed by atoms with Crippen LogP contribution in [0.1, 0.15) is 53.9 Å². The average molecular weight is 429 g/mol. The van der Waals surface area contributed by atoms with Crippen LogP contribution in [0.3, 0.4) is 0 Å². The van der Waals surface area contributed by atoms with Crippen LogP contribution in [-0.2, 0) is 0 Å². The molecule has 6 nitrogen and oxygen atoms in total. The number of pyridine rings is 1. The zero-order valence-electron chi connectivity index (χ0n) is 19.0. The Balaban J connectivity index is 1.72. The summed E-state index contributed by atoms with van der Waals surface area (Å²) in [4.78, 5) is 21.8. The van der Waals surface area contributed by atoms with Gasteiger partial charge in [0.05, 0.1) is 11.8 Å². The maximum absolute atomic E-state index is 12.8. The lowest BCUT2D eigenvalue weighted by molar-refractivity contribution is 0.0673. The molecule has 6 heteroatoms. The second kappa shape index (κ2) is 8.88. The van der Waals surface area contributed by atoms with E-state index in [1.807, 2.05) is 24.0 Å². The minimum Gasteiger partial charge on any atom is -0.472 e. The third-order valence-electron chi connectivity index (χ3n) is 6.11. The van der Waals surface area contributed by atoms with Gasteiger partial charge in [0, 0.05) is 36.9 Å². The summed E-state index contributed by atoms with van der Waals surface area (Å²) in [5.41, 5.74) is 5.21. The highest BCUT2D eigenvalue weighted by Gasteiger charge is 2.31. The smallest absolute Gasteiger partial charge is 0.257 e. The molecule has 1 fully saturated rings. The molecule has 32 heavy (non-hydrogen) atoms. The van der Waals surface area contributed by atoms with Crippen molar-refractivity contribution in [1.82, 2.24) is 9.88 Å². The van der Waals surface area contributed by atoms with Gasteiger partial charge in [-0.3, -0.25) is 4.79 Å². The molecule has 1 aromatic carbocycles. The second-order valence-electron chi connectivity index (χ2n) is 8.68. The molecule has 1 amide bonds. The van der Waals surface area contributed by atoms with Crippen molar-refractivity contribution >= 4 is 11.7 Å². The summed E-state index contributed by atoms with van der Waals surface area (Å²) < 4.78 is 5.08. The summed E-state index contributed by atoms with van der Waals surface area (Å²) in [7, 11) is 0. The highest BCUT2D eigenvalue weighted by molar-refractivity contribution is 5.94. The molecule has 0 radical (unpaired) electrons. The molecule has 0 bridgehead atoms. The third kappa shape index (κ3) is 3.99. The summed E-state index contributed by atoms with van der Waals surface area (Å²) in [6.07, 6.45) is 3.00. The molecule has 164 valence electrons. The van der Waals surface area contributed by atoms with Crippen LogP contribution in [-0.4, -0.2) is 41.5 Å². The van der Waals surface area contributed by atoms with Gasteiger partial charge in [-0.25, -0.2) is 4.98 Å². The predicted molar refractivity (Wildman–Crippen MR) is 125 cm³/mol. The van der Waals surface area contributed by atoms with Crippen molar-refractivity contribution < 1.29 is 9.21 Å². The van der Waals surface area contributed by atoms with E-state index in [2.05, 4.69) is 49.9 Å². The summed E-state index contributed by atoms with van der Waals surface area (Å²) in [6.45, 7) is 10.1. The quantitative estimate of drug-likeness (QED) is 0.585. The van der Waals surface area contributed by atoms with Gasteiger partial charge in [-0.2, -0.15) is 5.26 Å². The van der Waals surface area contributed by atoms with E-state index in [4.69, 9.17) is 9.40 Å². The third-order valence-corrected chi connectivity index (χ3v) is 6.11. The molecular weight excluding hydrogens is 400 g/mol. The maximum atomic E-state index is 12.8. The van der Waals surface area contributed by atoms with Gasteiger partial charge in [0.2, 0.25) is 0 Å². The molecular formula is C26H28N4O2. The van der Waals surface area contributed by atoms with Crippen molar-refractivity contribution in [2.45, 2.75) is 39.7 Å². The topological polar surface area (TPSA) is 73.4 Å². The number of carbonyl (C=O) groups is 1. The largest absolute Gasteiger partial charge is 0.472 e. The zero-order valence-corrected chi connectivity index (χ0v) is 19.0. The van der Waals surface area contributed by atoms with Crippen molar-refractivity contribution in [3.63, 3.8) is 0 Å². The Labute approximate surface area is 189 Å². The first kappa shape index (κ1) is 21.6. The molecule has 1 unspecified atom stereocenters. The summed E-state index contributed by atoms with van der Waals surface area (Å²) in [5.74, 6) is 0.903. The van der Waals surface area contributed by atoms with Crippen LogP contribution >= 0.6 is 0 Å². The van der Waals surface area contributed by atoms with E-state index < -0.39 is 0 Å². The lowest BCUT2D eigenvalue weighted by Gasteiger charge is -2.40. The number of hydrogen-bond acceptors (Lipinski definition) is 5. The number of nitrogens with zero attached hydrogens (tertiary/aromatic N) is 4. The molecule has 1 aliphatic rings. The molecule has 4 rings (SSSR count). The summed E-state index contributed by atoms with van der Waals surface area (Å²) in [5, 5.41) is 10.2. The van der Waals surface area contributed by atoms with Crippen LogP contribution in [0.4, 0.5) is 5.82 Å². The van der Waals surface area contributed by atoms with Gasteiger partial charge in [0.15, 0.2) is 0 Å². The molecule has 0 spiro atoms. The molecule has 0 N–H and O–H groups in total. The molecule has 1 saturated heterocycles. The Morgan fingerprint density at radius 1 is 1.22 bits per heavy atom. The molecule has 3 heterocycles. The number of aromatic nitrogens is 1. The molecule has 1 aliphatic heterocycles. The van der Waals surface area contributed by atoms with Crippen molar-refractivity contribution in [3.8, 4) is 17.2 Å². The van der Waals surface area contributed by atoms with Gasteiger partial charge in [-0.05, 0) is 43.0 Å². The van der Waals surface area contributed by atoms with Crippen molar-refractivity contribution in [1.29, 1.82) is 5.26 Å². The highest BCUT2D eigenvalue weighted by atomic mass is 16.3. The minimum absolute atomic E-state index is 0.0240. The first-order valence-corrected chi connectivity index (χ1v) is 11.0. The van der Waals surface area contributed by atoms with Crippen LogP contribution in [0, 0.1) is 18.3 Å². The number of amides is 1. The number of hydrogen-bond donors (Lipinski definition) is 0. The lowest BCUT2D eigenvalue weighted by atomic mass is 9.94. The summed E-state index contributed by atoms with van der Waals surface area (Å²) in [6, 6.07) is 14.3. The van der Waals surface area contributed by atoms with E-state index in [0.29, 0.717) is 36.6 Å². The Hall–Kier alpha value is -3.59. The van der Waals surface area contributed by atoms with Crippen LogP contribution in [0.5, 0.6) is 0 Å². The van der Waals surface area contributed by atoms with E-state index in [9.17, 15) is 10.1 Å². The Kier molecular flexibility index (Phi) is 6.00. The van der Waals surface area contributed by atoms with Gasteiger partial charge in [-0.1, -0.05) is 38.1 Å². The van der Waals surface area contributed by atoms with E-state index in [0.717, 1.165) is 22.4 Å². The molecule has 1 atom stereocenters. The molecule has 2 aromatic heterocycles. The SMILES string of the molecule is Cc1ccccc1-c1cc(C(C)C)nc(N2CCN(C(=O)c3ccoc3)C(C)C2)c1C#N. The number of anilines is 1. The number of benzene rings is 1. The van der Waals surface area contributed by atoms with Gasteiger partial charge in [0.25, 0.3) is 5.91 Å². The van der Waals surface area contributed by atoms with Gasteiger partial charge >= 0.3 is 0 Å². The highest BCUT2D eigenvalue weighted by Crippen LogP contribution is 2.35. The fourth-order valence-electron chi connectivity index (χ4n) is 4.28. The van der Waals surface area contributed by atoms with E-state index in [-0.39, 0.29) is 17.9 Å². The van der Waals surface area contributed by atoms with Crippen LogP contribution in [0.25, 0.3) is 11.1 Å². The van der Waals surface area contributed by atoms with Crippen molar-refractivity contribution in [2.75, 3.05) is 24.5 Å². The number of furan rings is 1. The van der Waals surface area contributed by atoms with E-state index in [1.165, 1.54) is 12.5 Å². The normalized spacial score (nSPS) is 16.3. The van der Waals surface area contributed by atoms with Crippen LogP contribution < -0.4 is 4.90 Å². The van der Waals surface area contributed by atoms with E-state index >= 15 is 0 Å². The standard InChI is InChI=1S/C26H28N4O2/c1-17(2)24-13-22(21-8-6-5-7-18(21)3)23(14-27)25(28-24)29-10-11-30(19(4)15-29)26(31)20-9-12-32-16-20/h5-9,12-13,16-17,19H,10-11,15H2,1-4H3. The van der Waals surface area contributed by atoms with Gasteiger partial charge in [-0.15, -0.1) is 0 Å². The first-order valence-electron chi connectivity index (χ1n) is 11.0. The Morgan fingerprint density at radius 3 is 2.62 bits per heavy atom. The monoisotopic (exact) mass is 428 g/mol. The van der Waals surface area contributed by atoms with Crippen molar-refractivity contribution in [2.24, 2.45) is 0 Å². The Bertz CT molecular complexity index is 1160. The fraction of sp³-hybridized carbons (Fsp3) is 0.346. The predicted octanol–water partition coefficient (Wildman–Crippen LogP) is 5.00. The number of aryl methyl sites for hydroxylation is 1. The number of rotatable bonds is 4. The van der Waals surface area contributed by atoms with Crippen LogP contribution in [0.2, 0.25) is 0 Å². The second-order valence-corrected chi connectivity index (χ2v) is 8.68. The average Bonchev–Trinajstić information content (AvgIpc) is 3.33. The molecule has 0 saturated carbocycles. The first-order chi connectivity index (χ1) is 15.4. The van der Waals surface area contributed by atoms with Crippen LogP contribution in [0.15, 0.2) is 53.3 Å². The molecule has 0 aliphatic carbocycles. The van der Waals surface area contributed by atoms with Gasteiger partial charge in [0.1, 0.15) is 23.7 Å². The van der Waals surface area contributed by atoms with E-state index in [1.54, 1.807) is 6.07 Å². The zero-order chi connectivity index (χ0) is 22.8. The minimum atomic E-state index is -0.0316. The maximum Gasteiger partial charge on any atom is 0.257 e. The van der Waals surface area contributed by atoms with Crippen molar-refractivity contribution in [3.05, 3.63) is 71.3 Å². The lowest BCUT2D eigenvalue weighted by Crippen LogP contribution is -2.54. The molecule has 3 aromatic rings. The number of piperazine rings is 1. The van der Waals surface area contributed by atoms with Gasteiger partial charge < -0.3 is 14.2 Å². The number of nitriles is 1. The fourth-order valence-corrected chi connectivity index (χ4v) is 4.28. The Morgan fingerprint density at radius 2 is 2.00 bits per heavy atom. The summed E-state index contributed by atoms with van der Waals surface area (Å²) >= 11 is 0. The number of carbonyl (C=O) groups excluding carboxylic acids is 1.